The van der Waals surface area contributed by atoms with Crippen LogP contribution in [0.1, 0.15) is 32.6 Å². The van der Waals surface area contributed by atoms with E-state index >= 15 is 0 Å². The van der Waals surface area contributed by atoms with Crippen LogP contribution in [0.15, 0.2) is 4.99 Å². The molecule has 1 fully saturated rings. The first-order chi connectivity index (χ1) is 7.11. The Morgan fingerprint density at radius 2 is 2.27 bits per heavy atom. The van der Waals surface area contributed by atoms with Gasteiger partial charge in [-0.25, -0.2) is 14.3 Å². The average molecular weight is 233 g/mol. The third-order valence-corrected chi connectivity index (χ3v) is 4.72. The molecule has 1 unspecified atom stereocenters. The van der Waals surface area contributed by atoms with Gasteiger partial charge < -0.3 is 5.43 Å². The number of hydrogen-bond acceptors (Lipinski definition) is 4. The van der Waals surface area contributed by atoms with Gasteiger partial charge in [0.05, 0.1) is 5.75 Å². The number of rotatable bonds is 3. The quantitative estimate of drug-likeness (QED) is 0.316. The van der Waals surface area contributed by atoms with Gasteiger partial charge in [0.1, 0.15) is 11.1 Å². The second-order valence-corrected chi connectivity index (χ2v) is 6.07. The predicted molar refractivity (Wildman–Crippen MR) is 61.3 cm³/mol. The van der Waals surface area contributed by atoms with Gasteiger partial charge in [-0.15, -0.1) is 0 Å². The Kier molecular flexibility index (Phi) is 4.53. The van der Waals surface area contributed by atoms with Crippen molar-refractivity contribution >= 4 is 15.7 Å². The zero-order valence-electron chi connectivity index (χ0n) is 9.07. The summed E-state index contributed by atoms with van der Waals surface area (Å²) < 4.78 is 23.5. The molecule has 1 aliphatic heterocycles. The van der Waals surface area contributed by atoms with E-state index in [0.717, 1.165) is 19.3 Å². The molecule has 0 aromatic carbocycles. The lowest BCUT2D eigenvalue weighted by Crippen LogP contribution is -2.45. The number of nitrogens with two attached hydrogens (primary N) is 1. The summed E-state index contributed by atoms with van der Waals surface area (Å²) in [4.78, 5) is 4.18. The van der Waals surface area contributed by atoms with Crippen LogP contribution in [0.3, 0.4) is 0 Å². The van der Waals surface area contributed by atoms with Crippen molar-refractivity contribution in [3.8, 4) is 0 Å². The minimum Gasteiger partial charge on any atom is -0.311 e. The zero-order valence-corrected chi connectivity index (χ0v) is 9.89. The highest BCUT2D eigenvalue weighted by Gasteiger charge is 2.32. The molecule has 1 heterocycles. The fourth-order valence-electron chi connectivity index (χ4n) is 1.73. The van der Waals surface area contributed by atoms with Crippen molar-refractivity contribution in [2.24, 2.45) is 10.8 Å². The first-order valence-corrected chi connectivity index (χ1v) is 7.06. The highest BCUT2D eigenvalue weighted by atomic mass is 32.2. The molecule has 1 rings (SSSR count). The van der Waals surface area contributed by atoms with Crippen LogP contribution >= 0.6 is 0 Å². The molecule has 0 aromatic heterocycles. The van der Waals surface area contributed by atoms with Crippen LogP contribution in [0.2, 0.25) is 0 Å². The molecule has 0 saturated carbocycles. The van der Waals surface area contributed by atoms with Crippen molar-refractivity contribution in [3.63, 3.8) is 0 Å². The number of nitrogens with one attached hydrogen (secondary N) is 1. The highest BCUT2D eigenvalue weighted by Crippen LogP contribution is 2.20. The van der Waals surface area contributed by atoms with Crippen LogP contribution in [0.25, 0.3) is 0 Å². The molecule has 88 valence electrons. The maximum Gasteiger partial charge on any atom is 0.160 e. The van der Waals surface area contributed by atoms with Crippen LogP contribution in [0.5, 0.6) is 0 Å². The van der Waals surface area contributed by atoms with Crippen molar-refractivity contribution in [2.75, 3.05) is 12.3 Å². The van der Waals surface area contributed by atoms with Gasteiger partial charge in [0.25, 0.3) is 0 Å². The van der Waals surface area contributed by atoms with Gasteiger partial charge in [-0.3, -0.25) is 4.99 Å². The minimum absolute atomic E-state index is 0.254. The lowest BCUT2D eigenvalue weighted by molar-refractivity contribution is 0.561. The number of amidine groups is 1. The van der Waals surface area contributed by atoms with Crippen molar-refractivity contribution in [3.05, 3.63) is 0 Å². The van der Waals surface area contributed by atoms with Crippen molar-refractivity contribution in [1.82, 2.24) is 5.43 Å². The van der Waals surface area contributed by atoms with E-state index in [1.807, 2.05) is 6.92 Å². The first kappa shape index (κ1) is 12.4. The molecule has 0 aliphatic carbocycles. The first-order valence-electron chi connectivity index (χ1n) is 5.34. The van der Waals surface area contributed by atoms with E-state index in [9.17, 15) is 8.42 Å². The summed E-state index contributed by atoms with van der Waals surface area (Å²) in [6, 6.07) is 0. The number of nitrogens with zero attached hydrogens (tertiary/aromatic N) is 1. The van der Waals surface area contributed by atoms with E-state index in [1.165, 1.54) is 0 Å². The maximum atomic E-state index is 11.8. The van der Waals surface area contributed by atoms with E-state index in [0.29, 0.717) is 18.8 Å². The summed E-state index contributed by atoms with van der Waals surface area (Å²) in [6.45, 7) is 2.61. The standard InChI is InChI=1S/C9H19N3O2S/c1-2-6-11-9(12-10)8-5-3-4-7-15(8,13)14/h8H,2-7,10H2,1H3,(H,11,12). The summed E-state index contributed by atoms with van der Waals surface area (Å²) in [5.41, 5.74) is 2.43. The monoisotopic (exact) mass is 233 g/mol. The smallest absolute Gasteiger partial charge is 0.160 e. The third kappa shape index (κ3) is 3.17. The molecule has 1 aliphatic rings. The molecule has 1 atom stereocenters. The molecule has 1 saturated heterocycles. The number of hydrogen-bond donors (Lipinski definition) is 2. The third-order valence-electron chi connectivity index (χ3n) is 2.54. The SMILES string of the molecule is CCCN=C(NN)C1CCCCS1(=O)=O. The van der Waals surface area contributed by atoms with Crippen molar-refractivity contribution in [2.45, 2.75) is 37.9 Å². The number of sulfone groups is 1. The van der Waals surface area contributed by atoms with Gasteiger partial charge in [0.2, 0.25) is 0 Å². The van der Waals surface area contributed by atoms with Gasteiger partial charge >= 0.3 is 0 Å². The van der Waals surface area contributed by atoms with Crippen LogP contribution in [0, 0.1) is 0 Å². The molecule has 5 nitrogen and oxygen atoms in total. The summed E-state index contributed by atoms with van der Waals surface area (Å²) in [5.74, 6) is 6.00. The molecular weight excluding hydrogens is 214 g/mol. The lowest BCUT2D eigenvalue weighted by Gasteiger charge is -2.23. The average Bonchev–Trinajstić information content (AvgIpc) is 2.20. The molecule has 3 N–H and O–H groups in total. The summed E-state index contributed by atoms with van der Waals surface area (Å²) in [7, 11) is -3.04. The Hall–Kier alpha value is -0.620. The van der Waals surface area contributed by atoms with E-state index in [4.69, 9.17) is 5.84 Å². The van der Waals surface area contributed by atoms with Crippen LogP contribution < -0.4 is 11.3 Å². The van der Waals surface area contributed by atoms with E-state index in [-0.39, 0.29) is 5.75 Å². The van der Waals surface area contributed by atoms with Crippen molar-refractivity contribution < 1.29 is 8.42 Å². The fourth-order valence-corrected chi connectivity index (χ4v) is 3.63. The Bertz CT molecular complexity index is 324. The Balaban J connectivity index is 2.82. The van der Waals surface area contributed by atoms with Gasteiger partial charge in [-0.05, 0) is 19.3 Å². The van der Waals surface area contributed by atoms with Gasteiger partial charge in [-0.1, -0.05) is 13.3 Å². The summed E-state index contributed by atoms with van der Waals surface area (Å²) in [6.07, 6.45) is 3.20. The lowest BCUT2D eigenvalue weighted by atomic mass is 10.2. The minimum atomic E-state index is -3.04. The van der Waals surface area contributed by atoms with E-state index < -0.39 is 15.1 Å². The van der Waals surface area contributed by atoms with Crippen molar-refractivity contribution in [1.29, 1.82) is 0 Å². The molecule has 0 bridgehead atoms. The Morgan fingerprint density at radius 3 is 2.80 bits per heavy atom. The van der Waals surface area contributed by atoms with Crippen LogP contribution in [-0.2, 0) is 9.84 Å². The highest BCUT2D eigenvalue weighted by molar-refractivity contribution is 7.92. The normalized spacial score (nSPS) is 26.3. The molecule has 0 spiro atoms. The predicted octanol–water partition coefficient (Wildman–Crippen LogP) is 0.226. The topological polar surface area (TPSA) is 84.5 Å². The zero-order chi connectivity index (χ0) is 11.3. The second kappa shape index (κ2) is 5.46. The van der Waals surface area contributed by atoms with E-state index in [1.54, 1.807) is 0 Å². The Labute approximate surface area is 91.0 Å². The van der Waals surface area contributed by atoms with Crippen LogP contribution in [0.4, 0.5) is 0 Å². The largest absolute Gasteiger partial charge is 0.311 e. The molecule has 6 heteroatoms. The second-order valence-electron chi connectivity index (χ2n) is 3.76. The fraction of sp³-hybridized carbons (Fsp3) is 0.889. The Morgan fingerprint density at radius 1 is 1.53 bits per heavy atom. The summed E-state index contributed by atoms with van der Waals surface area (Å²) >= 11 is 0. The van der Waals surface area contributed by atoms with Gasteiger partial charge in [0.15, 0.2) is 9.84 Å². The molecule has 15 heavy (non-hydrogen) atoms. The van der Waals surface area contributed by atoms with Gasteiger partial charge in [0, 0.05) is 6.54 Å². The molecular formula is C9H19N3O2S. The summed E-state index contributed by atoms with van der Waals surface area (Å²) in [5, 5.41) is -0.511. The molecule has 0 radical (unpaired) electrons. The maximum absolute atomic E-state index is 11.8. The van der Waals surface area contributed by atoms with E-state index in [2.05, 4.69) is 10.4 Å². The van der Waals surface area contributed by atoms with Gasteiger partial charge in [-0.2, -0.15) is 0 Å². The molecule has 0 aromatic rings. The molecule has 0 amide bonds. The van der Waals surface area contributed by atoms with Crippen LogP contribution in [-0.4, -0.2) is 31.8 Å². The number of aliphatic imine (C=N–C) groups is 1. The number of hydrazine groups is 1.